The quantitative estimate of drug-likeness (QED) is 0.641. The predicted octanol–water partition coefficient (Wildman–Crippen LogP) is 2.97. The predicted molar refractivity (Wildman–Crippen MR) is 67.6 cm³/mol. The minimum atomic E-state index is 0.799. The number of ether oxygens (including phenoxy) is 1. The molecule has 2 atom stereocenters. The molecule has 0 spiro atoms. The van der Waals surface area contributed by atoms with Crippen molar-refractivity contribution in [1.29, 1.82) is 0 Å². The van der Waals surface area contributed by atoms with Gasteiger partial charge in [0.2, 0.25) is 0 Å². The van der Waals surface area contributed by atoms with Crippen LogP contribution in [0.15, 0.2) is 0 Å². The number of nitrogens with one attached hydrogen (secondary N) is 1. The average Bonchev–Trinajstić information content (AvgIpc) is 3.01. The molecule has 0 aromatic heterocycles. The van der Waals surface area contributed by atoms with Gasteiger partial charge in [0.15, 0.2) is 0 Å². The third-order valence-electron chi connectivity index (χ3n) is 4.07. The Bertz CT molecular complexity index is 191. The first-order chi connectivity index (χ1) is 7.88. The van der Waals surface area contributed by atoms with Gasteiger partial charge >= 0.3 is 0 Å². The third-order valence-corrected chi connectivity index (χ3v) is 4.07. The maximum atomic E-state index is 5.62. The second-order valence-corrected chi connectivity index (χ2v) is 5.61. The van der Waals surface area contributed by atoms with Crippen LogP contribution in [-0.2, 0) is 4.74 Å². The molecule has 2 fully saturated rings. The monoisotopic (exact) mass is 225 g/mol. The van der Waals surface area contributed by atoms with E-state index in [2.05, 4.69) is 12.2 Å². The van der Waals surface area contributed by atoms with Gasteiger partial charge in [-0.25, -0.2) is 0 Å². The standard InChI is InChI=1S/C14H27NO/c1-2-12-6-7-14(10-12)15-8-3-9-16-11-13-4-5-13/h12-15H,2-11H2,1H3. The molecule has 2 unspecified atom stereocenters. The van der Waals surface area contributed by atoms with Crippen LogP contribution in [0, 0.1) is 11.8 Å². The second-order valence-electron chi connectivity index (χ2n) is 5.61. The molecule has 0 bridgehead atoms. The molecule has 2 nitrogen and oxygen atoms in total. The lowest BCUT2D eigenvalue weighted by Gasteiger charge is -2.12. The maximum Gasteiger partial charge on any atom is 0.0494 e. The van der Waals surface area contributed by atoms with E-state index in [1.807, 2.05) is 0 Å². The molecular formula is C14H27NO. The lowest BCUT2D eigenvalue weighted by Crippen LogP contribution is -2.28. The van der Waals surface area contributed by atoms with E-state index in [0.29, 0.717) is 0 Å². The van der Waals surface area contributed by atoms with E-state index in [1.54, 1.807) is 0 Å². The van der Waals surface area contributed by atoms with Gasteiger partial charge < -0.3 is 10.1 Å². The average molecular weight is 225 g/mol. The Morgan fingerprint density at radius 3 is 2.62 bits per heavy atom. The molecule has 94 valence electrons. The van der Waals surface area contributed by atoms with Gasteiger partial charge in [0.05, 0.1) is 0 Å². The highest BCUT2D eigenvalue weighted by atomic mass is 16.5. The van der Waals surface area contributed by atoms with Gasteiger partial charge in [-0.2, -0.15) is 0 Å². The van der Waals surface area contributed by atoms with Crippen molar-refractivity contribution in [1.82, 2.24) is 5.32 Å². The Balaban J connectivity index is 1.39. The van der Waals surface area contributed by atoms with Crippen molar-refractivity contribution in [3.63, 3.8) is 0 Å². The van der Waals surface area contributed by atoms with Crippen molar-refractivity contribution in [3.05, 3.63) is 0 Å². The summed E-state index contributed by atoms with van der Waals surface area (Å²) in [6, 6.07) is 0.799. The molecule has 2 aliphatic rings. The molecule has 2 heteroatoms. The summed E-state index contributed by atoms with van der Waals surface area (Å²) < 4.78 is 5.62. The minimum Gasteiger partial charge on any atom is -0.381 e. The summed E-state index contributed by atoms with van der Waals surface area (Å²) in [5, 5.41) is 3.67. The van der Waals surface area contributed by atoms with Gasteiger partial charge in [0.1, 0.15) is 0 Å². The zero-order valence-electron chi connectivity index (χ0n) is 10.7. The van der Waals surface area contributed by atoms with E-state index in [-0.39, 0.29) is 0 Å². The van der Waals surface area contributed by atoms with Gasteiger partial charge in [-0.3, -0.25) is 0 Å². The van der Waals surface area contributed by atoms with Crippen molar-refractivity contribution in [3.8, 4) is 0 Å². The van der Waals surface area contributed by atoms with Crippen molar-refractivity contribution in [2.75, 3.05) is 19.8 Å². The second kappa shape index (κ2) is 6.61. The van der Waals surface area contributed by atoms with E-state index in [0.717, 1.165) is 37.6 Å². The molecule has 2 aliphatic carbocycles. The number of hydrogen-bond acceptors (Lipinski definition) is 2. The highest BCUT2D eigenvalue weighted by molar-refractivity contribution is 4.79. The van der Waals surface area contributed by atoms with Crippen molar-refractivity contribution >= 4 is 0 Å². The van der Waals surface area contributed by atoms with E-state index in [4.69, 9.17) is 4.74 Å². The van der Waals surface area contributed by atoms with Crippen LogP contribution in [0.4, 0.5) is 0 Å². The summed E-state index contributed by atoms with van der Waals surface area (Å²) >= 11 is 0. The Morgan fingerprint density at radius 2 is 1.94 bits per heavy atom. The fourth-order valence-electron chi connectivity index (χ4n) is 2.65. The van der Waals surface area contributed by atoms with Gasteiger partial charge in [-0.15, -0.1) is 0 Å². The van der Waals surface area contributed by atoms with Crippen molar-refractivity contribution < 1.29 is 4.74 Å². The first-order valence-corrected chi connectivity index (χ1v) is 7.19. The summed E-state index contributed by atoms with van der Waals surface area (Å²) in [5.74, 6) is 1.90. The molecule has 0 radical (unpaired) electrons. The van der Waals surface area contributed by atoms with Crippen molar-refractivity contribution in [2.24, 2.45) is 11.8 Å². The number of hydrogen-bond donors (Lipinski definition) is 1. The maximum absolute atomic E-state index is 5.62. The van der Waals surface area contributed by atoms with Gasteiger partial charge in [0.25, 0.3) is 0 Å². The van der Waals surface area contributed by atoms with Crippen LogP contribution >= 0.6 is 0 Å². The van der Waals surface area contributed by atoms with Crippen LogP contribution in [0.25, 0.3) is 0 Å². The molecule has 1 N–H and O–H groups in total. The summed E-state index contributed by atoms with van der Waals surface area (Å²) in [7, 11) is 0. The largest absolute Gasteiger partial charge is 0.381 e. The Kier molecular flexibility index (Phi) is 5.11. The first-order valence-electron chi connectivity index (χ1n) is 7.19. The van der Waals surface area contributed by atoms with E-state index < -0.39 is 0 Å². The molecule has 0 aromatic carbocycles. The summed E-state index contributed by atoms with van der Waals surface area (Å²) in [5.41, 5.74) is 0. The molecular weight excluding hydrogens is 198 g/mol. The summed E-state index contributed by atoms with van der Waals surface area (Å²) in [4.78, 5) is 0. The topological polar surface area (TPSA) is 21.3 Å². The Morgan fingerprint density at radius 1 is 1.12 bits per heavy atom. The van der Waals surface area contributed by atoms with E-state index in [1.165, 1.54) is 44.9 Å². The molecule has 0 heterocycles. The Labute approximate surface area is 100 Å². The lowest BCUT2D eigenvalue weighted by molar-refractivity contribution is 0.121. The van der Waals surface area contributed by atoms with Crippen LogP contribution in [0.5, 0.6) is 0 Å². The molecule has 0 saturated heterocycles. The zero-order chi connectivity index (χ0) is 11.2. The van der Waals surface area contributed by atoms with E-state index in [9.17, 15) is 0 Å². The normalized spacial score (nSPS) is 29.8. The zero-order valence-corrected chi connectivity index (χ0v) is 10.7. The van der Waals surface area contributed by atoms with Crippen molar-refractivity contribution in [2.45, 2.75) is 57.9 Å². The number of rotatable bonds is 8. The van der Waals surface area contributed by atoms with Gasteiger partial charge in [-0.1, -0.05) is 13.3 Å². The third kappa shape index (κ3) is 4.42. The molecule has 0 amide bonds. The Hall–Kier alpha value is -0.0800. The lowest BCUT2D eigenvalue weighted by atomic mass is 10.1. The van der Waals surface area contributed by atoms with Gasteiger partial charge in [0, 0.05) is 19.3 Å². The molecule has 0 aromatic rings. The fourth-order valence-corrected chi connectivity index (χ4v) is 2.65. The van der Waals surface area contributed by atoms with Crippen LogP contribution in [-0.4, -0.2) is 25.8 Å². The van der Waals surface area contributed by atoms with E-state index >= 15 is 0 Å². The minimum absolute atomic E-state index is 0.799. The SMILES string of the molecule is CCC1CCC(NCCCOCC2CC2)C1. The molecule has 16 heavy (non-hydrogen) atoms. The van der Waals surface area contributed by atoms with Crippen LogP contribution < -0.4 is 5.32 Å². The first kappa shape index (κ1) is 12.4. The smallest absolute Gasteiger partial charge is 0.0494 e. The van der Waals surface area contributed by atoms with Gasteiger partial charge in [-0.05, 0) is 56.9 Å². The summed E-state index contributed by atoms with van der Waals surface area (Å²) in [6.45, 7) is 5.43. The highest BCUT2D eigenvalue weighted by Gasteiger charge is 2.22. The summed E-state index contributed by atoms with van der Waals surface area (Å²) in [6.07, 6.45) is 9.58. The van der Waals surface area contributed by atoms with Crippen LogP contribution in [0.3, 0.4) is 0 Å². The highest BCUT2D eigenvalue weighted by Crippen LogP contribution is 2.29. The molecule has 0 aliphatic heterocycles. The fraction of sp³-hybridized carbons (Fsp3) is 1.00. The molecule has 2 rings (SSSR count). The van der Waals surface area contributed by atoms with Crippen LogP contribution in [0.1, 0.15) is 51.9 Å². The van der Waals surface area contributed by atoms with Crippen LogP contribution in [0.2, 0.25) is 0 Å². The molecule has 2 saturated carbocycles.